The second-order valence-electron chi connectivity index (χ2n) is 4.05. The summed E-state index contributed by atoms with van der Waals surface area (Å²) in [6.45, 7) is 5.99. The molecule has 0 bridgehead atoms. The lowest BCUT2D eigenvalue weighted by Gasteiger charge is -2.20. The lowest BCUT2D eigenvalue weighted by atomic mass is 9.91. The standard InChI is InChI=1S/C12H19NO/c1-8(2)10-6-4-5-7-11(10)12(13)9(3)14/h4-9,12,14H,13H2,1-3H3/t9?,12-/m1/s1. The van der Waals surface area contributed by atoms with Gasteiger partial charge in [0, 0.05) is 0 Å². The van der Waals surface area contributed by atoms with Gasteiger partial charge >= 0.3 is 0 Å². The van der Waals surface area contributed by atoms with Crippen molar-refractivity contribution in [3.8, 4) is 0 Å². The van der Waals surface area contributed by atoms with Crippen molar-refractivity contribution in [3.05, 3.63) is 35.4 Å². The third-order valence-corrected chi connectivity index (χ3v) is 2.50. The van der Waals surface area contributed by atoms with E-state index in [1.165, 1.54) is 5.56 Å². The van der Waals surface area contributed by atoms with Gasteiger partial charge in [-0.1, -0.05) is 38.1 Å². The monoisotopic (exact) mass is 193 g/mol. The Bertz CT molecular complexity index is 294. The Labute approximate surface area is 85.8 Å². The average molecular weight is 193 g/mol. The maximum Gasteiger partial charge on any atom is 0.0704 e. The van der Waals surface area contributed by atoms with Crippen LogP contribution in [0.5, 0.6) is 0 Å². The molecule has 0 fully saturated rings. The Balaban J connectivity index is 3.06. The molecule has 0 radical (unpaired) electrons. The third-order valence-electron chi connectivity index (χ3n) is 2.50. The predicted octanol–water partition coefficient (Wildman–Crippen LogP) is 2.19. The van der Waals surface area contributed by atoms with E-state index in [1.807, 2.05) is 18.2 Å². The van der Waals surface area contributed by atoms with E-state index in [9.17, 15) is 5.11 Å². The van der Waals surface area contributed by atoms with Gasteiger partial charge in [-0.2, -0.15) is 0 Å². The van der Waals surface area contributed by atoms with Gasteiger partial charge in [-0.25, -0.2) is 0 Å². The van der Waals surface area contributed by atoms with Crippen molar-refractivity contribution < 1.29 is 5.11 Å². The third kappa shape index (κ3) is 2.34. The molecule has 2 nitrogen and oxygen atoms in total. The first-order valence-corrected chi connectivity index (χ1v) is 5.06. The molecule has 0 aromatic heterocycles. The van der Waals surface area contributed by atoms with Crippen LogP contribution in [0, 0.1) is 0 Å². The highest BCUT2D eigenvalue weighted by Gasteiger charge is 2.16. The first-order chi connectivity index (χ1) is 6.54. The molecular weight excluding hydrogens is 174 g/mol. The van der Waals surface area contributed by atoms with Crippen molar-refractivity contribution in [2.24, 2.45) is 5.73 Å². The van der Waals surface area contributed by atoms with E-state index in [-0.39, 0.29) is 6.04 Å². The van der Waals surface area contributed by atoms with Crippen molar-refractivity contribution in [1.29, 1.82) is 0 Å². The van der Waals surface area contributed by atoms with Gasteiger partial charge in [0.05, 0.1) is 12.1 Å². The molecule has 0 saturated carbocycles. The molecule has 1 aromatic rings. The number of nitrogens with two attached hydrogens (primary N) is 1. The van der Waals surface area contributed by atoms with Crippen LogP contribution < -0.4 is 5.73 Å². The Kier molecular flexibility index (Phi) is 3.67. The Morgan fingerprint density at radius 3 is 2.00 bits per heavy atom. The van der Waals surface area contributed by atoms with Crippen LogP contribution >= 0.6 is 0 Å². The second kappa shape index (κ2) is 4.58. The highest BCUT2D eigenvalue weighted by Crippen LogP contribution is 2.25. The fraction of sp³-hybridized carbons (Fsp3) is 0.500. The van der Waals surface area contributed by atoms with Gasteiger partial charge in [-0.15, -0.1) is 0 Å². The van der Waals surface area contributed by atoms with Gasteiger partial charge in [-0.3, -0.25) is 0 Å². The number of hydrogen-bond donors (Lipinski definition) is 2. The van der Waals surface area contributed by atoms with Crippen LogP contribution in [-0.2, 0) is 0 Å². The Hall–Kier alpha value is -0.860. The summed E-state index contributed by atoms with van der Waals surface area (Å²) in [5.41, 5.74) is 8.20. The van der Waals surface area contributed by atoms with Gasteiger partial charge in [0.15, 0.2) is 0 Å². The summed E-state index contributed by atoms with van der Waals surface area (Å²) in [5.74, 6) is 0.441. The zero-order valence-electron chi connectivity index (χ0n) is 9.07. The first kappa shape index (κ1) is 11.2. The van der Waals surface area contributed by atoms with Gasteiger partial charge < -0.3 is 10.8 Å². The smallest absolute Gasteiger partial charge is 0.0704 e. The van der Waals surface area contributed by atoms with Crippen LogP contribution in [0.4, 0.5) is 0 Å². The molecule has 0 saturated heterocycles. The summed E-state index contributed by atoms with van der Waals surface area (Å²) in [6, 6.07) is 7.75. The van der Waals surface area contributed by atoms with Gasteiger partial charge in [0.2, 0.25) is 0 Å². The summed E-state index contributed by atoms with van der Waals surface area (Å²) in [4.78, 5) is 0. The first-order valence-electron chi connectivity index (χ1n) is 5.06. The molecule has 0 spiro atoms. The van der Waals surface area contributed by atoms with Gasteiger partial charge in [0.1, 0.15) is 0 Å². The number of hydrogen-bond acceptors (Lipinski definition) is 2. The van der Waals surface area contributed by atoms with Crippen LogP contribution in [0.25, 0.3) is 0 Å². The summed E-state index contributed by atoms with van der Waals surface area (Å²) in [5, 5.41) is 9.46. The molecule has 1 unspecified atom stereocenters. The topological polar surface area (TPSA) is 46.2 Å². The summed E-state index contributed by atoms with van der Waals surface area (Å²) < 4.78 is 0. The molecule has 0 amide bonds. The number of aliphatic hydroxyl groups is 1. The molecule has 0 heterocycles. The van der Waals surface area contributed by atoms with E-state index in [0.717, 1.165) is 5.56 Å². The molecule has 0 aliphatic heterocycles. The number of rotatable bonds is 3. The fourth-order valence-electron chi connectivity index (χ4n) is 1.60. The summed E-state index contributed by atoms with van der Waals surface area (Å²) in [6.07, 6.45) is -0.505. The van der Waals surface area contributed by atoms with E-state index in [0.29, 0.717) is 5.92 Å². The minimum absolute atomic E-state index is 0.284. The molecular formula is C12H19NO. The van der Waals surface area contributed by atoms with Crippen LogP contribution in [0.15, 0.2) is 24.3 Å². The largest absolute Gasteiger partial charge is 0.391 e. The van der Waals surface area contributed by atoms with Crippen LogP contribution in [0.3, 0.4) is 0 Å². The summed E-state index contributed by atoms with van der Waals surface area (Å²) in [7, 11) is 0. The molecule has 2 atom stereocenters. The lowest BCUT2D eigenvalue weighted by molar-refractivity contribution is 0.164. The van der Waals surface area contributed by atoms with Crippen LogP contribution in [0.1, 0.15) is 43.9 Å². The SMILES string of the molecule is CC(C)c1ccccc1[C@H](N)C(C)O. The second-order valence-corrected chi connectivity index (χ2v) is 4.05. The zero-order valence-corrected chi connectivity index (χ0v) is 9.07. The Morgan fingerprint density at radius 2 is 1.57 bits per heavy atom. The van der Waals surface area contributed by atoms with E-state index >= 15 is 0 Å². The molecule has 0 aliphatic rings. The predicted molar refractivity (Wildman–Crippen MR) is 59.1 cm³/mol. The van der Waals surface area contributed by atoms with Crippen LogP contribution in [0.2, 0.25) is 0 Å². The van der Waals surface area contributed by atoms with Crippen molar-refractivity contribution in [1.82, 2.24) is 0 Å². The molecule has 1 aromatic carbocycles. The molecule has 14 heavy (non-hydrogen) atoms. The average Bonchev–Trinajstić information content (AvgIpc) is 2.16. The van der Waals surface area contributed by atoms with Crippen molar-refractivity contribution in [2.75, 3.05) is 0 Å². The van der Waals surface area contributed by atoms with Gasteiger partial charge in [-0.05, 0) is 24.0 Å². The van der Waals surface area contributed by atoms with E-state index in [2.05, 4.69) is 19.9 Å². The maximum absolute atomic E-state index is 9.46. The van der Waals surface area contributed by atoms with Crippen molar-refractivity contribution in [3.63, 3.8) is 0 Å². The van der Waals surface area contributed by atoms with Crippen molar-refractivity contribution in [2.45, 2.75) is 38.8 Å². The van der Waals surface area contributed by atoms with E-state index in [4.69, 9.17) is 5.73 Å². The normalized spacial score (nSPS) is 15.6. The lowest BCUT2D eigenvalue weighted by Crippen LogP contribution is -2.24. The van der Waals surface area contributed by atoms with Gasteiger partial charge in [0.25, 0.3) is 0 Å². The minimum atomic E-state index is -0.505. The Morgan fingerprint density at radius 1 is 1.07 bits per heavy atom. The molecule has 78 valence electrons. The quantitative estimate of drug-likeness (QED) is 0.773. The zero-order chi connectivity index (χ0) is 10.7. The highest BCUT2D eigenvalue weighted by molar-refractivity contribution is 5.32. The maximum atomic E-state index is 9.46. The molecule has 0 aliphatic carbocycles. The molecule has 1 rings (SSSR count). The van der Waals surface area contributed by atoms with Crippen LogP contribution in [-0.4, -0.2) is 11.2 Å². The van der Waals surface area contributed by atoms with Crippen molar-refractivity contribution >= 4 is 0 Å². The molecule has 3 N–H and O–H groups in total. The van der Waals surface area contributed by atoms with E-state index in [1.54, 1.807) is 6.92 Å². The molecule has 2 heteroatoms. The fourth-order valence-corrected chi connectivity index (χ4v) is 1.60. The summed E-state index contributed by atoms with van der Waals surface area (Å²) >= 11 is 0. The highest BCUT2D eigenvalue weighted by atomic mass is 16.3. The number of benzene rings is 1. The van der Waals surface area contributed by atoms with E-state index < -0.39 is 6.10 Å². The number of aliphatic hydroxyl groups excluding tert-OH is 1. The minimum Gasteiger partial charge on any atom is -0.391 e.